The van der Waals surface area contributed by atoms with Gasteiger partial charge in [-0.2, -0.15) is 0 Å². The predicted octanol–water partition coefficient (Wildman–Crippen LogP) is 2.58. The Morgan fingerprint density at radius 2 is 2.00 bits per heavy atom. The normalized spacial score (nSPS) is 29.0. The molecule has 3 aliphatic rings. The van der Waals surface area contributed by atoms with Crippen LogP contribution in [0, 0.1) is 5.92 Å². The molecule has 1 aliphatic heterocycles. The van der Waals surface area contributed by atoms with Crippen LogP contribution in [0.4, 0.5) is 5.82 Å². The van der Waals surface area contributed by atoms with Gasteiger partial charge in [0.05, 0.1) is 18.3 Å². The van der Waals surface area contributed by atoms with E-state index in [-0.39, 0.29) is 23.9 Å². The van der Waals surface area contributed by atoms with E-state index in [1.165, 1.54) is 12.0 Å². The number of piperidine rings is 1. The van der Waals surface area contributed by atoms with Gasteiger partial charge in [0.2, 0.25) is 0 Å². The summed E-state index contributed by atoms with van der Waals surface area (Å²) in [7, 11) is 1.76. The minimum absolute atomic E-state index is 0.0730. The summed E-state index contributed by atoms with van der Waals surface area (Å²) in [5.74, 6) is 0.793. The molecule has 5 rings (SSSR count). The van der Waals surface area contributed by atoms with Crippen LogP contribution in [0.2, 0.25) is 0 Å². The van der Waals surface area contributed by atoms with Gasteiger partial charge in [-0.3, -0.25) is 9.69 Å². The fourth-order valence-electron chi connectivity index (χ4n) is 5.72. The lowest BCUT2D eigenvalue weighted by atomic mass is 9.92. The van der Waals surface area contributed by atoms with Crippen LogP contribution in [0.1, 0.15) is 48.0 Å². The number of pyridine rings is 1. The minimum atomic E-state index is -0.251. The fourth-order valence-corrected chi connectivity index (χ4v) is 5.72. The molecule has 33 heavy (non-hydrogen) atoms. The van der Waals surface area contributed by atoms with Crippen LogP contribution in [0.5, 0.6) is 0 Å². The van der Waals surface area contributed by atoms with E-state index in [2.05, 4.69) is 39.5 Å². The summed E-state index contributed by atoms with van der Waals surface area (Å²) in [5, 5.41) is 12.8. The third kappa shape index (κ3) is 4.50. The molecule has 1 aromatic carbocycles. The van der Waals surface area contributed by atoms with Crippen LogP contribution in [0.25, 0.3) is 11.1 Å². The van der Waals surface area contributed by atoms with Gasteiger partial charge < -0.3 is 20.9 Å². The largest absolute Gasteiger partial charge is 0.393 e. The number of anilines is 1. The van der Waals surface area contributed by atoms with Crippen molar-refractivity contribution in [3.05, 3.63) is 47.7 Å². The van der Waals surface area contributed by atoms with E-state index < -0.39 is 0 Å². The molecule has 7 heteroatoms. The summed E-state index contributed by atoms with van der Waals surface area (Å²) in [4.78, 5) is 19.7. The molecule has 1 aromatic heterocycles. The van der Waals surface area contributed by atoms with Crippen molar-refractivity contribution >= 4 is 11.7 Å². The number of aromatic nitrogens is 1. The van der Waals surface area contributed by atoms with Crippen LogP contribution in [0.15, 0.2) is 36.5 Å². The van der Waals surface area contributed by atoms with Crippen molar-refractivity contribution in [1.29, 1.82) is 0 Å². The smallest absolute Gasteiger partial charge is 0.255 e. The molecule has 0 unspecified atom stereocenters. The fraction of sp³-hybridized carbons (Fsp3) is 0.538. The summed E-state index contributed by atoms with van der Waals surface area (Å²) < 4.78 is 5.24. The molecule has 4 N–H and O–H groups in total. The molecule has 3 fully saturated rings. The molecule has 1 amide bonds. The molecule has 2 aliphatic carbocycles. The van der Waals surface area contributed by atoms with Crippen molar-refractivity contribution in [2.24, 2.45) is 5.92 Å². The van der Waals surface area contributed by atoms with Gasteiger partial charge in [0.15, 0.2) is 0 Å². The molecule has 2 atom stereocenters. The Morgan fingerprint density at radius 1 is 1.24 bits per heavy atom. The van der Waals surface area contributed by atoms with Crippen molar-refractivity contribution < 1.29 is 14.6 Å². The van der Waals surface area contributed by atoms with Gasteiger partial charge in [0.25, 0.3) is 5.91 Å². The number of nitrogens with one attached hydrogen (secondary N) is 1. The van der Waals surface area contributed by atoms with Crippen molar-refractivity contribution in [2.75, 3.05) is 39.1 Å². The molecule has 1 saturated heterocycles. The molecule has 2 saturated carbocycles. The number of carbonyl (C=O) groups is 1. The minimum Gasteiger partial charge on any atom is -0.393 e. The Bertz CT molecular complexity index is 1000. The highest BCUT2D eigenvalue weighted by Gasteiger charge is 2.60. The van der Waals surface area contributed by atoms with Crippen LogP contribution in [-0.2, 0) is 10.2 Å². The topological polar surface area (TPSA) is 101 Å². The van der Waals surface area contributed by atoms with Gasteiger partial charge in [0, 0.05) is 50.0 Å². The van der Waals surface area contributed by atoms with Crippen LogP contribution in [0.3, 0.4) is 0 Å². The lowest BCUT2D eigenvalue weighted by Crippen LogP contribution is -2.38. The van der Waals surface area contributed by atoms with Crippen LogP contribution >= 0.6 is 0 Å². The highest BCUT2D eigenvalue weighted by Crippen LogP contribution is 2.59. The molecule has 0 radical (unpaired) electrons. The molecule has 7 nitrogen and oxygen atoms in total. The number of methoxy groups -OCH3 is 1. The van der Waals surface area contributed by atoms with E-state index in [0.29, 0.717) is 11.0 Å². The summed E-state index contributed by atoms with van der Waals surface area (Å²) in [5.41, 5.74) is 10.1. The SMILES string of the molecule is COCCN1C[C@@H]2C[C@]2(c2ccc(-c3cnc(N)c(C(=O)NC4CCC(O)CC4)c3)cc2)C1. The third-order valence-corrected chi connectivity index (χ3v) is 7.82. The Morgan fingerprint density at radius 3 is 2.73 bits per heavy atom. The number of nitrogens with zero attached hydrogens (tertiary/aromatic N) is 2. The second-order valence-corrected chi connectivity index (χ2v) is 10.00. The number of benzene rings is 1. The second kappa shape index (κ2) is 9.05. The van der Waals surface area contributed by atoms with E-state index in [0.717, 1.165) is 69.0 Å². The number of nitrogens with two attached hydrogens (primary N) is 1. The first-order valence-electron chi connectivity index (χ1n) is 12.0. The van der Waals surface area contributed by atoms with Gasteiger partial charge in [0.1, 0.15) is 5.82 Å². The summed E-state index contributed by atoms with van der Waals surface area (Å²) in [6.07, 6.45) is 5.76. The number of nitrogen functional groups attached to an aromatic ring is 1. The van der Waals surface area contributed by atoms with Crippen LogP contribution < -0.4 is 11.1 Å². The number of rotatable bonds is 7. The quantitative estimate of drug-likeness (QED) is 0.600. The highest BCUT2D eigenvalue weighted by molar-refractivity contribution is 5.99. The zero-order valence-electron chi connectivity index (χ0n) is 19.3. The number of carbonyl (C=O) groups excluding carboxylic acids is 1. The van der Waals surface area contributed by atoms with Gasteiger partial charge in [-0.1, -0.05) is 24.3 Å². The first-order chi connectivity index (χ1) is 16.0. The second-order valence-electron chi connectivity index (χ2n) is 10.00. The highest BCUT2D eigenvalue weighted by atomic mass is 16.5. The Labute approximate surface area is 195 Å². The average molecular weight is 451 g/mol. The summed E-state index contributed by atoms with van der Waals surface area (Å²) in [6.45, 7) is 4.04. The molecule has 0 spiro atoms. The maximum Gasteiger partial charge on any atom is 0.255 e. The summed E-state index contributed by atoms with van der Waals surface area (Å²) in [6, 6.07) is 10.6. The summed E-state index contributed by atoms with van der Waals surface area (Å²) >= 11 is 0. The third-order valence-electron chi connectivity index (χ3n) is 7.82. The first kappa shape index (κ1) is 22.3. The maximum atomic E-state index is 12.9. The molecule has 2 heterocycles. The van der Waals surface area contributed by atoms with Crippen LogP contribution in [-0.4, -0.2) is 66.4 Å². The number of aliphatic hydroxyl groups is 1. The van der Waals surface area contributed by atoms with Crippen molar-refractivity contribution in [2.45, 2.75) is 49.7 Å². The van der Waals surface area contributed by atoms with Crippen molar-refractivity contribution in [3.8, 4) is 11.1 Å². The number of ether oxygens (including phenoxy) is 1. The predicted molar refractivity (Wildman–Crippen MR) is 128 cm³/mol. The molecular formula is C26H34N4O3. The zero-order valence-corrected chi connectivity index (χ0v) is 19.3. The number of likely N-dealkylation sites (tertiary alicyclic amines) is 1. The standard InChI is InChI=1S/C26H34N4O3/c1-33-11-10-30-15-20-13-26(20,16-30)19-4-2-17(3-5-19)18-12-23(24(27)28-14-18)25(32)29-21-6-8-22(31)9-7-21/h2-5,12,14,20-22,31H,6-11,13,15-16H2,1H3,(H2,27,28)(H,29,32)/t20-,21?,22?,26+/m0/s1. The molecule has 176 valence electrons. The molecule has 2 aromatic rings. The van der Waals surface area contributed by atoms with Crippen molar-refractivity contribution in [3.63, 3.8) is 0 Å². The number of amides is 1. The van der Waals surface area contributed by atoms with Gasteiger partial charge in [-0.05, 0) is 55.2 Å². The lowest BCUT2D eigenvalue weighted by Gasteiger charge is -2.26. The van der Waals surface area contributed by atoms with E-state index in [1.807, 2.05) is 6.07 Å². The monoisotopic (exact) mass is 450 g/mol. The Kier molecular flexibility index (Phi) is 6.12. The van der Waals surface area contributed by atoms with Gasteiger partial charge in [-0.15, -0.1) is 0 Å². The molecular weight excluding hydrogens is 416 g/mol. The zero-order chi connectivity index (χ0) is 23.0. The number of aliphatic hydroxyl groups excluding tert-OH is 1. The van der Waals surface area contributed by atoms with E-state index >= 15 is 0 Å². The molecule has 0 bridgehead atoms. The van der Waals surface area contributed by atoms with Gasteiger partial charge in [-0.25, -0.2) is 4.98 Å². The van der Waals surface area contributed by atoms with Gasteiger partial charge >= 0.3 is 0 Å². The number of hydrogen-bond donors (Lipinski definition) is 3. The van der Waals surface area contributed by atoms with E-state index in [1.54, 1.807) is 13.3 Å². The van der Waals surface area contributed by atoms with E-state index in [9.17, 15) is 9.90 Å². The average Bonchev–Trinajstić information content (AvgIpc) is 3.40. The van der Waals surface area contributed by atoms with Crippen molar-refractivity contribution in [1.82, 2.24) is 15.2 Å². The lowest BCUT2D eigenvalue weighted by molar-refractivity contribution is 0.0868. The number of fused-ring (bicyclic) bond motifs is 1. The first-order valence-corrected chi connectivity index (χ1v) is 12.0. The Hall–Kier alpha value is -2.48. The Balaban J connectivity index is 1.28. The number of hydrogen-bond acceptors (Lipinski definition) is 6. The van der Waals surface area contributed by atoms with E-state index in [4.69, 9.17) is 10.5 Å². The maximum absolute atomic E-state index is 12.9.